The second-order valence-corrected chi connectivity index (χ2v) is 8.52. The van der Waals surface area contributed by atoms with Crippen LogP contribution in [0.3, 0.4) is 0 Å². The molecule has 1 N–H and O–H groups in total. The van der Waals surface area contributed by atoms with E-state index in [1.165, 1.54) is 0 Å². The quantitative estimate of drug-likeness (QED) is 0.511. The van der Waals surface area contributed by atoms with Crippen molar-refractivity contribution in [3.63, 3.8) is 0 Å². The van der Waals surface area contributed by atoms with Gasteiger partial charge in [0.25, 0.3) is 5.91 Å². The Labute approximate surface area is 198 Å². The smallest absolute Gasteiger partial charge is 0.255 e. The highest BCUT2D eigenvalue weighted by Gasteiger charge is 2.20. The second kappa shape index (κ2) is 10.3. The molecule has 32 heavy (non-hydrogen) atoms. The third-order valence-corrected chi connectivity index (χ3v) is 6.27. The number of hydrogen-bond donors (Lipinski definition) is 1. The minimum atomic E-state index is -0.207. The topological polar surface area (TPSA) is 44.8 Å². The standard InChI is InChI=1S/C25H25Cl2N3O2/c1-32-21-7-4-6-18(15-21)25(31)28-20-9-10-24(23(27)16-20)30-13-11-29(12-14-30)17-19-5-2-3-8-22(19)26/h2-10,15-16H,11-14,17H2,1H3,(H,28,31). The number of nitrogens with zero attached hydrogens (tertiary/aromatic N) is 2. The number of amides is 1. The first-order valence-electron chi connectivity index (χ1n) is 10.5. The van der Waals surface area contributed by atoms with E-state index in [-0.39, 0.29) is 5.91 Å². The number of carbonyl (C=O) groups is 1. The van der Waals surface area contributed by atoms with Crippen LogP contribution >= 0.6 is 23.2 Å². The molecule has 1 aliphatic rings. The first kappa shape index (κ1) is 22.5. The molecule has 0 radical (unpaired) electrons. The number of anilines is 2. The molecule has 4 rings (SSSR count). The summed E-state index contributed by atoms with van der Waals surface area (Å²) in [4.78, 5) is 17.2. The molecule has 0 spiro atoms. The van der Waals surface area contributed by atoms with Crippen molar-refractivity contribution in [3.05, 3.63) is 87.9 Å². The molecule has 3 aromatic rings. The van der Waals surface area contributed by atoms with Gasteiger partial charge in [-0.1, -0.05) is 47.5 Å². The van der Waals surface area contributed by atoms with E-state index in [1.54, 1.807) is 37.4 Å². The molecule has 1 amide bonds. The van der Waals surface area contributed by atoms with Crippen molar-refractivity contribution in [2.75, 3.05) is 43.5 Å². The largest absolute Gasteiger partial charge is 0.497 e. The number of halogens is 2. The maximum Gasteiger partial charge on any atom is 0.255 e. The van der Waals surface area contributed by atoms with E-state index in [0.29, 0.717) is 22.0 Å². The van der Waals surface area contributed by atoms with Crippen molar-refractivity contribution in [1.82, 2.24) is 4.90 Å². The number of piperazine rings is 1. The Morgan fingerprint density at radius 3 is 2.44 bits per heavy atom. The predicted octanol–water partition coefficient (Wildman–Crippen LogP) is 5.58. The molecule has 1 heterocycles. The van der Waals surface area contributed by atoms with Gasteiger partial charge < -0.3 is 15.0 Å². The average molecular weight is 470 g/mol. The summed E-state index contributed by atoms with van der Waals surface area (Å²) in [6, 6.07) is 20.7. The zero-order valence-electron chi connectivity index (χ0n) is 17.9. The van der Waals surface area contributed by atoms with Gasteiger partial charge in [-0.3, -0.25) is 9.69 Å². The van der Waals surface area contributed by atoms with Crippen LogP contribution in [-0.2, 0) is 6.54 Å². The second-order valence-electron chi connectivity index (χ2n) is 7.71. The van der Waals surface area contributed by atoms with E-state index < -0.39 is 0 Å². The van der Waals surface area contributed by atoms with Crippen LogP contribution in [-0.4, -0.2) is 44.1 Å². The third-order valence-electron chi connectivity index (χ3n) is 5.60. The highest BCUT2D eigenvalue weighted by Crippen LogP contribution is 2.30. The molecule has 166 valence electrons. The summed E-state index contributed by atoms with van der Waals surface area (Å²) in [7, 11) is 1.58. The van der Waals surface area contributed by atoms with Crippen LogP contribution in [0.15, 0.2) is 66.7 Å². The lowest BCUT2D eigenvalue weighted by Gasteiger charge is -2.36. The summed E-state index contributed by atoms with van der Waals surface area (Å²) in [5.41, 5.74) is 3.31. The van der Waals surface area contributed by atoms with E-state index in [4.69, 9.17) is 27.9 Å². The van der Waals surface area contributed by atoms with E-state index in [9.17, 15) is 4.79 Å². The number of nitrogens with one attached hydrogen (secondary N) is 1. The SMILES string of the molecule is COc1cccc(C(=O)Nc2ccc(N3CCN(Cc4ccccc4Cl)CC3)c(Cl)c2)c1. The maximum absolute atomic E-state index is 12.6. The fourth-order valence-corrected chi connectivity index (χ4v) is 4.32. The Morgan fingerprint density at radius 2 is 1.72 bits per heavy atom. The third kappa shape index (κ3) is 5.36. The molecule has 0 bridgehead atoms. The van der Waals surface area contributed by atoms with Gasteiger partial charge in [0.1, 0.15) is 5.75 Å². The molecule has 0 aliphatic carbocycles. The van der Waals surface area contributed by atoms with Gasteiger partial charge in [0.2, 0.25) is 0 Å². The summed E-state index contributed by atoms with van der Waals surface area (Å²) in [6.07, 6.45) is 0. The Morgan fingerprint density at radius 1 is 0.938 bits per heavy atom. The minimum Gasteiger partial charge on any atom is -0.497 e. The zero-order valence-corrected chi connectivity index (χ0v) is 19.4. The zero-order chi connectivity index (χ0) is 22.5. The minimum absolute atomic E-state index is 0.207. The van der Waals surface area contributed by atoms with Gasteiger partial charge >= 0.3 is 0 Å². The lowest BCUT2D eigenvalue weighted by molar-refractivity contribution is 0.102. The van der Waals surface area contributed by atoms with Crippen LogP contribution in [0.25, 0.3) is 0 Å². The fraction of sp³-hybridized carbons (Fsp3) is 0.240. The number of hydrogen-bond acceptors (Lipinski definition) is 4. The molecular weight excluding hydrogens is 445 g/mol. The van der Waals surface area contributed by atoms with Crippen molar-refractivity contribution in [2.45, 2.75) is 6.54 Å². The molecular formula is C25H25Cl2N3O2. The van der Waals surface area contributed by atoms with Crippen LogP contribution in [0.4, 0.5) is 11.4 Å². The van der Waals surface area contributed by atoms with Crippen LogP contribution in [0.1, 0.15) is 15.9 Å². The van der Waals surface area contributed by atoms with Crippen molar-refractivity contribution < 1.29 is 9.53 Å². The first-order chi connectivity index (χ1) is 15.5. The Bertz CT molecular complexity index is 1100. The molecule has 1 aliphatic heterocycles. The summed E-state index contributed by atoms with van der Waals surface area (Å²) >= 11 is 12.9. The van der Waals surface area contributed by atoms with Gasteiger partial charge in [0.15, 0.2) is 0 Å². The van der Waals surface area contributed by atoms with Gasteiger partial charge in [-0.05, 0) is 48.0 Å². The van der Waals surface area contributed by atoms with Crippen molar-refractivity contribution >= 4 is 40.5 Å². The molecule has 0 aromatic heterocycles. The summed E-state index contributed by atoms with van der Waals surface area (Å²) in [6.45, 7) is 4.45. The molecule has 1 saturated heterocycles. The molecule has 0 unspecified atom stereocenters. The Hall–Kier alpha value is -2.73. The van der Waals surface area contributed by atoms with Gasteiger partial charge in [-0.2, -0.15) is 0 Å². The summed E-state index contributed by atoms with van der Waals surface area (Å²) in [5, 5.41) is 4.33. The maximum atomic E-state index is 12.6. The van der Waals surface area contributed by atoms with Gasteiger partial charge in [-0.25, -0.2) is 0 Å². The summed E-state index contributed by atoms with van der Waals surface area (Å²) < 4.78 is 5.19. The molecule has 5 nitrogen and oxygen atoms in total. The Kier molecular flexibility index (Phi) is 7.20. The van der Waals surface area contributed by atoms with Gasteiger partial charge in [-0.15, -0.1) is 0 Å². The summed E-state index contributed by atoms with van der Waals surface area (Å²) in [5.74, 6) is 0.431. The lowest BCUT2D eigenvalue weighted by Crippen LogP contribution is -2.46. The van der Waals surface area contributed by atoms with E-state index >= 15 is 0 Å². The van der Waals surface area contributed by atoms with Crippen LogP contribution in [0.5, 0.6) is 5.75 Å². The van der Waals surface area contributed by atoms with Crippen LogP contribution in [0, 0.1) is 0 Å². The normalized spacial score (nSPS) is 14.3. The van der Waals surface area contributed by atoms with Crippen LogP contribution in [0.2, 0.25) is 10.0 Å². The molecule has 0 atom stereocenters. The predicted molar refractivity (Wildman–Crippen MR) is 131 cm³/mol. The van der Waals surface area contributed by atoms with Crippen molar-refractivity contribution in [1.29, 1.82) is 0 Å². The molecule has 1 fully saturated rings. The number of rotatable bonds is 6. The lowest BCUT2D eigenvalue weighted by atomic mass is 10.1. The van der Waals surface area contributed by atoms with E-state index in [0.717, 1.165) is 49.0 Å². The number of methoxy groups -OCH3 is 1. The Balaban J connectivity index is 1.36. The molecule has 0 saturated carbocycles. The van der Waals surface area contributed by atoms with E-state index in [1.807, 2.05) is 30.3 Å². The number of ether oxygens (including phenoxy) is 1. The van der Waals surface area contributed by atoms with Crippen LogP contribution < -0.4 is 15.0 Å². The molecule has 3 aromatic carbocycles. The molecule has 7 heteroatoms. The monoisotopic (exact) mass is 469 g/mol. The highest BCUT2D eigenvalue weighted by atomic mass is 35.5. The average Bonchev–Trinajstić information content (AvgIpc) is 2.81. The fourth-order valence-electron chi connectivity index (χ4n) is 3.82. The van der Waals surface area contributed by atoms with Crippen molar-refractivity contribution in [3.8, 4) is 5.75 Å². The first-order valence-corrected chi connectivity index (χ1v) is 11.2. The highest BCUT2D eigenvalue weighted by molar-refractivity contribution is 6.33. The van der Waals surface area contributed by atoms with E-state index in [2.05, 4.69) is 21.2 Å². The van der Waals surface area contributed by atoms with Gasteiger partial charge in [0, 0.05) is 49.0 Å². The van der Waals surface area contributed by atoms with Crippen molar-refractivity contribution in [2.24, 2.45) is 0 Å². The number of benzene rings is 3. The number of carbonyl (C=O) groups excluding carboxylic acids is 1. The van der Waals surface area contributed by atoms with Gasteiger partial charge in [0.05, 0.1) is 17.8 Å².